The fourth-order valence-corrected chi connectivity index (χ4v) is 2.86. The number of hydrogen-bond donors (Lipinski definition) is 4. The molecule has 3 amide bonds. The van der Waals surface area contributed by atoms with E-state index in [1.807, 2.05) is 44.2 Å². The Kier molecular flexibility index (Phi) is 10.2. The van der Waals surface area contributed by atoms with Crippen molar-refractivity contribution >= 4 is 23.9 Å². The van der Waals surface area contributed by atoms with Gasteiger partial charge in [0, 0.05) is 6.42 Å². The van der Waals surface area contributed by atoms with Crippen molar-refractivity contribution in [3.05, 3.63) is 35.9 Å². The second-order valence-electron chi connectivity index (χ2n) is 9.15. The van der Waals surface area contributed by atoms with E-state index in [2.05, 4.69) is 16.0 Å². The smallest absolute Gasteiger partial charge is 0.408 e. The first-order valence-corrected chi connectivity index (χ1v) is 10.7. The van der Waals surface area contributed by atoms with Crippen LogP contribution in [-0.4, -0.2) is 52.7 Å². The number of hydrogen-bond acceptors (Lipinski definition) is 5. The van der Waals surface area contributed by atoms with Crippen molar-refractivity contribution in [3.8, 4) is 0 Å². The SMILES string of the molecule is CC(C)C[C@H](NC(=O)[C@H](Cc1ccccc1)NC(=O)OC(C)(C)C)C(=O)N[C@@H](C)C(=O)O. The van der Waals surface area contributed by atoms with Crippen LogP contribution in [0.4, 0.5) is 4.79 Å². The molecule has 32 heavy (non-hydrogen) atoms. The van der Waals surface area contributed by atoms with Crippen molar-refractivity contribution in [3.63, 3.8) is 0 Å². The first kappa shape index (κ1) is 26.9. The summed E-state index contributed by atoms with van der Waals surface area (Å²) in [5.41, 5.74) is 0.0679. The van der Waals surface area contributed by atoms with Gasteiger partial charge in [-0.05, 0) is 45.6 Å². The molecule has 0 aliphatic carbocycles. The highest BCUT2D eigenvalue weighted by Crippen LogP contribution is 2.10. The maximum absolute atomic E-state index is 13.1. The van der Waals surface area contributed by atoms with Gasteiger partial charge in [0.2, 0.25) is 11.8 Å². The lowest BCUT2D eigenvalue weighted by Gasteiger charge is -2.26. The zero-order chi connectivity index (χ0) is 24.5. The number of carbonyl (C=O) groups excluding carboxylic acids is 3. The molecule has 0 aromatic heterocycles. The maximum atomic E-state index is 13.1. The van der Waals surface area contributed by atoms with Crippen LogP contribution in [-0.2, 0) is 25.5 Å². The van der Waals surface area contributed by atoms with Crippen LogP contribution in [0.15, 0.2) is 30.3 Å². The van der Waals surface area contributed by atoms with E-state index >= 15 is 0 Å². The van der Waals surface area contributed by atoms with Crippen molar-refractivity contribution in [1.29, 1.82) is 0 Å². The molecule has 0 radical (unpaired) electrons. The average Bonchev–Trinajstić information content (AvgIpc) is 2.65. The van der Waals surface area contributed by atoms with Crippen molar-refractivity contribution < 1.29 is 29.0 Å². The van der Waals surface area contributed by atoms with Crippen molar-refractivity contribution in [1.82, 2.24) is 16.0 Å². The van der Waals surface area contributed by atoms with Crippen LogP contribution in [0.5, 0.6) is 0 Å². The summed E-state index contributed by atoms with van der Waals surface area (Å²) in [5.74, 6) is -2.29. The zero-order valence-corrected chi connectivity index (χ0v) is 19.6. The van der Waals surface area contributed by atoms with E-state index in [4.69, 9.17) is 9.84 Å². The number of amides is 3. The molecule has 0 saturated heterocycles. The molecule has 1 aromatic carbocycles. The van der Waals surface area contributed by atoms with E-state index < -0.39 is 47.6 Å². The second kappa shape index (κ2) is 12.1. The Morgan fingerprint density at radius 3 is 1.97 bits per heavy atom. The Hall–Kier alpha value is -3.10. The van der Waals surface area contributed by atoms with Gasteiger partial charge in [-0.15, -0.1) is 0 Å². The van der Waals surface area contributed by atoms with E-state index in [1.165, 1.54) is 6.92 Å². The molecule has 9 heteroatoms. The molecule has 0 bridgehead atoms. The fourth-order valence-electron chi connectivity index (χ4n) is 2.86. The Labute approximate surface area is 189 Å². The molecule has 0 heterocycles. The van der Waals surface area contributed by atoms with Gasteiger partial charge in [-0.3, -0.25) is 14.4 Å². The Balaban J connectivity index is 3.03. The van der Waals surface area contributed by atoms with Crippen molar-refractivity contribution in [2.24, 2.45) is 5.92 Å². The van der Waals surface area contributed by atoms with Gasteiger partial charge < -0.3 is 25.8 Å². The summed E-state index contributed by atoms with van der Waals surface area (Å²) < 4.78 is 5.28. The normalized spacial score (nSPS) is 14.1. The van der Waals surface area contributed by atoms with Crippen LogP contribution < -0.4 is 16.0 Å². The third-order valence-corrected chi connectivity index (χ3v) is 4.36. The zero-order valence-electron chi connectivity index (χ0n) is 19.6. The van der Waals surface area contributed by atoms with Crippen LogP contribution in [0.25, 0.3) is 0 Å². The molecule has 9 nitrogen and oxygen atoms in total. The van der Waals surface area contributed by atoms with Crippen LogP contribution in [0, 0.1) is 5.92 Å². The van der Waals surface area contributed by atoms with Gasteiger partial charge in [-0.1, -0.05) is 44.2 Å². The van der Waals surface area contributed by atoms with E-state index in [9.17, 15) is 19.2 Å². The molecular weight excluding hydrogens is 414 g/mol. The van der Waals surface area contributed by atoms with E-state index in [-0.39, 0.29) is 12.3 Å². The lowest BCUT2D eigenvalue weighted by molar-refractivity contribution is -0.141. The largest absolute Gasteiger partial charge is 0.480 e. The average molecular weight is 450 g/mol. The predicted molar refractivity (Wildman–Crippen MR) is 120 cm³/mol. The lowest BCUT2D eigenvalue weighted by atomic mass is 10.0. The molecule has 1 rings (SSSR count). The molecule has 0 fully saturated rings. The number of nitrogens with one attached hydrogen (secondary N) is 3. The topological polar surface area (TPSA) is 134 Å². The van der Waals surface area contributed by atoms with E-state index in [0.717, 1.165) is 5.56 Å². The van der Waals surface area contributed by atoms with Crippen LogP contribution in [0.3, 0.4) is 0 Å². The lowest BCUT2D eigenvalue weighted by Crippen LogP contribution is -2.56. The summed E-state index contributed by atoms with van der Waals surface area (Å²) in [4.78, 5) is 49.1. The number of ether oxygens (including phenoxy) is 1. The monoisotopic (exact) mass is 449 g/mol. The summed E-state index contributed by atoms with van der Waals surface area (Å²) in [6.07, 6.45) is -0.264. The predicted octanol–water partition coefficient (Wildman–Crippen LogP) is 2.24. The number of aliphatic carboxylic acids is 1. The highest BCUT2D eigenvalue weighted by molar-refractivity contribution is 5.92. The third-order valence-electron chi connectivity index (χ3n) is 4.36. The molecule has 4 N–H and O–H groups in total. The van der Waals surface area contributed by atoms with E-state index in [0.29, 0.717) is 6.42 Å². The summed E-state index contributed by atoms with van der Waals surface area (Å²) >= 11 is 0. The van der Waals surface area contributed by atoms with Gasteiger partial charge in [-0.2, -0.15) is 0 Å². The highest BCUT2D eigenvalue weighted by Gasteiger charge is 2.30. The molecule has 0 aliphatic rings. The number of carbonyl (C=O) groups is 4. The Bertz CT molecular complexity index is 789. The minimum Gasteiger partial charge on any atom is -0.480 e. The van der Waals surface area contributed by atoms with Gasteiger partial charge in [0.15, 0.2) is 0 Å². The van der Waals surface area contributed by atoms with Crippen molar-refractivity contribution in [2.45, 2.75) is 78.1 Å². The Morgan fingerprint density at radius 2 is 1.47 bits per heavy atom. The molecule has 0 aliphatic heterocycles. The molecule has 1 aromatic rings. The second-order valence-corrected chi connectivity index (χ2v) is 9.15. The van der Waals surface area contributed by atoms with Gasteiger partial charge in [0.1, 0.15) is 23.7 Å². The van der Waals surface area contributed by atoms with Crippen molar-refractivity contribution in [2.75, 3.05) is 0 Å². The van der Waals surface area contributed by atoms with Gasteiger partial charge in [0.05, 0.1) is 0 Å². The highest BCUT2D eigenvalue weighted by atomic mass is 16.6. The van der Waals surface area contributed by atoms with Crippen LogP contribution in [0.2, 0.25) is 0 Å². The number of carboxylic acids is 1. The van der Waals surface area contributed by atoms with E-state index in [1.54, 1.807) is 20.8 Å². The third kappa shape index (κ3) is 10.3. The Morgan fingerprint density at radius 1 is 0.906 bits per heavy atom. The fraction of sp³-hybridized carbons (Fsp3) is 0.565. The standard InChI is InChI=1S/C23H35N3O6/c1-14(2)12-17(19(27)24-15(3)21(29)30)25-20(28)18(13-16-10-8-7-9-11-16)26-22(31)32-23(4,5)6/h7-11,14-15,17-18H,12-13H2,1-6H3,(H,24,27)(H,25,28)(H,26,31)(H,29,30)/t15-,17-,18-/m0/s1. The summed E-state index contributed by atoms with van der Waals surface area (Å²) in [7, 11) is 0. The minimum atomic E-state index is -1.18. The molecule has 0 spiro atoms. The summed E-state index contributed by atoms with van der Waals surface area (Å²) in [6.45, 7) is 10.3. The molecule has 178 valence electrons. The molecule has 0 saturated carbocycles. The summed E-state index contributed by atoms with van der Waals surface area (Å²) in [6, 6.07) is 6.07. The first-order chi connectivity index (χ1) is 14.8. The number of benzene rings is 1. The number of rotatable bonds is 10. The molecular formula is C23H35N3O6. The van der Waals surface area contributed by atoms with Gasteiger partial charge in [-0.25, -0.2) is 4.79 Å². The quantitative estimate of drug-likeness (QED) is 0.433. The van der Waals surface area contributed by atoms with Crippen LogP contribution >= 0.6 is 0 Å². The number of carboxylic acid groups (broad SMARTS) is 1. The summed E-state index contributed by atoms with van der Waals surface area (Å²) in [5, 5.41) is 16.7. The minimum absolute atomic E-state index is 0.0533. The first-order valence-electron chi connectivity index (χ1n) is 10.7. The van der Waals surface area contributed by atoms with Crippen LogP contribution in [0.1, 0.15) is 53.5 Å². The van der Waals surface area contributed by atoms with Gasteiger partial charge >= 0.3 is 12.1 Å². The van der Waals surface area contributed by atoms with Gasteiger partial charge in [0.25, 0.3) is 0 Å². The number of alkyl carbamates (subject to hydrolysis) is 1. The molecule has 3 atom stereocenters. The maximum Gasteiger partial charge on any atom is 0.408 e. The molecule has 0 unspecified atom stereocenters.